The molecule has 0 atom stereocenters. The zero-order valence-corrected chi connectivity index (χ0v) is 14.3. The van der Waals surface area contributed by atoms with Gasteiger partial charge in [-0.3, -0.25) is 4.79 Å². The number of nitrogens with one attached hydrogen (secondary N) is 2. The topological polar surface area (TPSA) is 54.0 Å². The van der Waals surface area contributed by atoms with Crippen LogP contribution in [0.4, 0.5) is 21.6 Å². The summed E-state index contributed by atoms with van der Waals surface area (Å²) in [5, 5.41) is 6.72. The summed E-state index contributed by atoms with van der Waals surface area (Å²) in [7, 11) is 0. The highest BCUT2D eigenvalue weighted by Crippen LogP contribution is 2.27. The van der Waals surface area contributed by atoms with Crippen LogP contribution < -0.4 is 10.6 Å². The lowest BCUT2D eigenvalue weighted by atomic mass is 10.2. The minimum absolute atomic E-state index is 0.232. The minimum atomic E-state index is -0.467. The van der Waals surface area contributed by atoms with Gasteiger partial charge in [0.2, 0.25) is 0 Å². The van der Waals surface area contributed by atoms with Crippen molar-refractivity contribution in [2.24, 2.45) is 0 Å². The molecule has 0 unspecified atom stereocenters. The zero-order valence-electron chi connectivity index (χ0n) is 12.8. The van der Waals surface area contributed by atoms with E-state index in [0.29, 0.717) is 27.2 Å². The summed E-state index contributed by atoms with van der Waals surface area (Å²) >= 11 is 12.0. The monoisotopic (exact) mass is 375 g/mol. The van der Waals surface area contributed by atoms with Gasteiger partial charge >= 0.3 is 0 Å². The van der Waals surface area contributed by atoms with Crippen molar-refractivity contribution < 1.29 is 9.18 Å². The van der Waals surface area contributed by atoms with E-state index in [1.807, 2.05) is 0 Å². The van der Waals surface area contributed by atoms with Crippen LogP contribution >= 0.6 is 23.2 Å². The first-order valence-corrected chi connectivity index (χ1v) is 8.02. The van der Waals surface area contributed by atoms with Gasteiger partial charge in [-0.2, -0.15) is 0 Å². The number of anilines is 3. The molecule has 0 aliphatic rings. The fourth-order valence-corrected chi connectivity index (χ4v) is 2.56. The average Bonchev–Trinajstić information content (AvgIpc) is 2.59. The molecule has 0 aliphatic carbocycles. The number of pyridine rings is 1. The number of rotatable bonds is 4. The standard InChI is InChI=1S/C18H12Cl2FN3O/c19-12-4-6-16(15(20)9-12)24-17-7-5-14(10-22-17)23-18(25)11-2-1-3-13(21)8-11/h1-10H,(H,22,24)(H,23,25). The van der Waals surface area contributed by atoms with E-state index in [4.69, 9.17) is 23.2 Å². The lowest BCUT2D eigenvalue weighted by Gasteiger charge is -2.09. The van der Waals surface area contributed by atoms with Crippen LogP contribution in [0.15, 0.2) is 60.8 Å². The first-order chi connectivity index (χ1) is 12.0. The van der Waals surface area contributed by atoms with Crippen molar-refractivity contribution in [3.63, 3.8) is 0 Å². The maximum absolute atomic E-state index is 13.2. The van der Waals surface area contributed by atoms with E-state index in [0.717, 1.165) is 0 Å². The van der Waals surface area contributed by atoms with Gasteiger partial charge in [0.05, 0.1) is 22.6 Å². The van der Waals surface area contributed by atoms with Crippen LogP contribution in [0.1, 0.15) is 10.4 Å². The third-order valence-corrected chi connectivity index (χ3v) is 3.85. The van der Waals surface area contributed by atoms with Gasteiger partial charge in [0.15, 0.2) is 0 Å². The van der Waals surface area contributed by atoms with Crippen molar-refractivity contribution in [1.29, 1.82) is 0 Å². The molecule has 1 heterocycles. The van der Waals surface area contributed by atoms with Gasteiger partial charge < -0.3 is 10.6 Å². The summed E-state index contributed by atoms with van der Waals surface area (Å²) in [6, 6.07) is 13.9. The molecule has 0 radical (unpaired) electrons. The quantitative estimate of drug-likeness (QED) is 0.630. The maximum atomic E-state index is 13.2. The molecular weight excluding hydrogens is 364 g/mol. The summed E-state index contributed by atoms with van der Waals surface area (Å²) in [6.45, 7) is 0. The fourth-order valence-electron chi connectivity index (χ4n) is 2.10. The van der Waals surface area contributed by atoms with Gasteiger partial charge in [-0.05, 0) is 48.5 Å². The average molecular weight is 376 g/mol. The van der Waals surface area contributed by atoms with Crippen molar-refractivity contribution in [3.8, 4) is 0 Å². The Morgan fingerprint density at radius 2 is 1.88 bits per heavy atom. The summed E-state index contributed by atoms with van der Waals surface area (Å²) in [6.07, 6.45) is 1.49. The highest BCUT2D eigenvalue weighted by molar-refractivity contribution is 6.36. The van der Waals surface area contributed by atoms with Gasteiger partial charge in [0.1, 0.15) is 11.6 Å². The molecule has 3 aromatic rings. The lowest BCUT2D eigenvalue weighted by molar-refractivity contribution is 0.102. The summed E-state index contributed by atoms with van der Waals surface area (Å²) in [4.78, 5) is 16.3. The van der Waals surface area contributed by atoms with Gasteiger partial charge in [0.25, 0.3) is 5.91 Å². The molecule has 0 aliphatic heterocycles. The number of benzene rings is 2. The Kier molecular flexibility index (Phi) is 5.16. The molecule has 0 saturated carbocycles. The molecule has 3 rings (SSSR count). The number of hydrogen-bond acceptors (Lipinski definition) is 3. The number of aromatic nitrogens is 1. The molecule has 0 bridgehead atoms. The van der Waals surface area contributed by atoms with E-state index < -0.39 is 11.7 Å². The van der Waals surface area contributed by atoms with Gasteiger partial charge in [-0.15, -0.1) is 0 Å². The third kappa shape index (κ3) is 4.47. The number of halogens is 3. The van der Waals surface area contributed by atoms with Crippen LogP contribution in [-0.4, -0.2) is 10.9 Å². The second kappa shape index (κ2) is 7.51. The molecule has 0 saturated heterocycles. The van der Waals surface area contributed by atoms with Crippen molar-refractivity contribution in [2.75, 3.05) is 10.6 Å². The van der Waals surface area contributed by atoms with Gasteiger partial charge in [-0.1, -0.05) is 29.3 Å². The summed E-state index contributed by atoms with van der Waals surface area (Å²) in [5.41, 5.74) is 1.38. The third-order valence-electron chi connectivity index (χ3n) is 3.30. The molecule has 1 amide bonds. The Morgan fingerprint density at radius 3 is 2.56 bits per heavy atom. The normalized spacial score (nSPS) is 10.4. The number of hydrogen-bond donors (Lipinski definition) is 2. The van der Waals surface area contributed by atoms with Crippen molar-refractivity contribution in [1.82, 2.24) is 4.98 Å². The fraction of sp³-hybridized carbons (Fsp3) is 0. The van der Waals surface area contributed by atoms with Crippen LogP contribution in [0.3, 0.4) is 0 Å². The number of nitrogens with zero attached hydrogens (tertiary/aromatic N) is 1. The molecule has 7 heteroatoms. The Morgan fingerprint density at radius 1 is 1.04 bits per heavy atom. The Balaban J connectivity index is 1.69. The molecule has 0 spiro atoms. The molecule has 2 aromatic carbocycles. The van der Waals surface area contributed by atoms with E-state index in [-0.39, 0.29) is 5.56 Å². The Hall–Kier alpha value is -2.63. The Labute approximate surface area is 153 Å². The van der Waals surface area contributed by atoms with E-state index in [9.17, 15) is 9.18 Å². The van der Waals surface area contributed by atoms with Crippen LogP contribution in [0.5, 0.6) is 0 Å². The van der Waals surface area contributed by atoms with Crippen LogP contribution in [0.25, 0.3) is 0 Å². The van der Waals surface area contributed by atoms with Crippen LogP contribution in [-0.2, 0) is 0 Å². The first-order valence-electron chi connectivity index (χ1n) is 7.26. The maximum Gasteiger partial charge on any atom is 0.255 e. The first kappa shape index (κ1) is 17.2. The van der Waals surface area contributed by atoms with Crippen molar-refractivity contribution in [3.05, 3.63) is 82.2 Å². The molecule has 126 valence electrons. The second-order valence-electron chi connectivity index (χ2n) is 5.15. The van der Waals surface area contributed by atoms with Gasteiger partial charge in [-0.25, -0.2) is 9.37 Å². The molecule has 0 fully saturated rings. The van der Waals surface area contributed by atoms with Crippen LogP contribution in [0.2, 0.25) is 10.0 Å². The van der Waals surface area contributed by atoms with E-state index in [2.05, 4.69) is 15.6 Å². The SMILES string of the molecule is O=C(Nc1ccc(Nc2ccc(Cl)cc2Cl)nc1)c1cccc(F)c1. The molecule has 4 nitrogen and oxygen atoms in total. The van der Waals surface area contributed by atoms with Crippen molar-refractivity contribution in [2.45, 2.75) is 0 Å². The van der Waals surface area contributed by atoms with Crippen LogP contribution in [0, 0.1) is 5.82 Å². The smallest absolute Gasteiger partial charge is 0.255 e. The number of carbonyl (C=O) groups is 1. The number of amides is 1. The van der Waals surface area contributed by atoms with E-state index in [1.165, 1.54) is 30.5 Å². The predicted molar refractivity (Wildman–Crippen MR) is 98.3 cm³/mol. The Bertz CT molecular complexity index is 916. The molecule has 25 heavy (non-hydrogen) atoms. The summed E-state index contributed by atoms with van der Waals surface area (Å²) < 4.78 is 13.2. The number of carbonyl (C=O) groups excluding carboxylic acids is 1. The molecule has 2 N–H and O–H groups in total. The second-order valence-corrected chi connectivity index (χ2v) is 5.99. The highest BCUT2D eigenvalue weighted by Gasteiger charge is 2.08. The molecular formula is C18H12Cl2FN3O. The highest BCUT2D eigenvalue weighted by atomic mass is 35.5. The van der Waals surface area contributed by atoms with Gasteiger partial charge in [0, 0.05) is 10.6 Å². The zero-order chi connectivity index (χ0) is 17.8. The van der Waals surface area contributed by atoms with E-state index in [1.54, 1.807) is 30.3 Å². The summed E-state index contributed by atoms with van der Waals surface area (Å²) in [5.74, 6) is -0.333. The molecule has 1 aromatic heterocycles. The largest absolute Gasteiger partial charge is 0.339 e. The minimum Gasteiger partial charge on any atom is -0.339 e. The predicted octanol–water partition coefficient (Wildman–Crippen LogP) is 5.52. The lowest BCUT2D eigenvalue weighted by Crippen LogP contribution is -2.12. The van der Waals surface area contributed by atoms with Crippen molar-refractivity contribution >= 4 is 46.3 Å². The van der Waals surface area contributed by atoms with E-state index >= 15 is 0 Å².